The Bertz CT molecular complexity index is 541. The number of aromatic nitrogens is 3. The summed E-state index contributed by atoms with van der Waals surface area (Å²) < 4.78 is 15.1. The normalized spacial score (nSPS) is 12.7. The van der Waals surface area contributed by atoms with Crippen molar-refractivity contribution in [2.45, 2.75) is 25.9 Å². The van der Waals surface area contributed by atoms with Crippen molar-refractivity contribution in [3.63, 3.8) is 0 Å². The molecule has 96 valence electrons. The molecule has 2 aromatic rings. The quantitative estimate of drug-likeness (QED) is 0.927. The van der Waals surface area contributed by atoms with Crippen molar-refractivity contribution in [1.82, 2.24) is 15.0 Å². The van der Waals surface area contributed by atoms with Crippen molar-refractivity contribution in [2.24, 2.45) is 5.73 Å². The van der Waals surface area contributed by atoms with Crippen molar-refractivity contribution >= 4 is 11.6 Å². The van der Waals surface area contributed by atoms with Gasteiger partial charge in [-0.3, -0.25) is 0 Å². The van der Waals surface area contributed by atoms with E-state index in [0.29, 0.717) is 5.56 Å². The lowest BCUT2D eigenvalue weighted by Crippen LogP contribution is -2.18. The summed E-state index contributed by atoms with van der Waals surface area (Å²) in [5.41, 5.74) is 7.37. The molecule has 18 heavy (non-hydrogen) atoms. The van der Waals surface area contributed by atoms with Gasteiger partial charge in [0, 0.05) is 6.54 Å². The van der Waals surface area contributed by atoms with E-state index in [1.807, 2.05) is 6.92 Å². The third kappa shape index (κ3) is 2.37. The lowest BCUT2D eigenvalue weighted by molar-refractivity contribution is 0.542. The van der Waals surface area contributed by atoms with E-state index in [0.717, 1.165) is 18.7 Å². The molecular formula is C12H14ClFN4. The molecule has 0 fully saturated rings. The molecule has 4 nitrogen and oxygen atoms in total. The number of aryl methyl sites for hydroxylation is 1. The Morgan fingerprint density at radius 3 is 3.00 bits per heavy atom. The SMILES string of the molecule is CCCn1nncc1C(N)c1cccc(F)c1Cl. The molecule has 1 atom stereocenters. The highest BCUT2D eigenvalue weighted by molar-refractivity contribution is 6.31. The minimum absolute atomic E-state index is 0.0502. The van der Waals surface area contributed by atoms with Gasteiger partial charge >= 0.3 is 0 Å². The number of hydrogen-bond acceptors (Lipinski definition) is 3. The van der Waals surface area contributed by atoms with Crippen molar-refractivity contribution in [3.8, 4) is 0 Å². The van der Waals surface area contributed by atoms with Crippen LogP contribution >= 0.6 is 11.6 Å². The average molecular weight is 269 g/mol. The van der Waals surface area contributed by atoms with Crippen LogP contribution in [0.4, 0.5) is 4.39 Å². The van der Waals surface area contributed by atoms with E-state index in [9.17, 15) is 4.39 Å². The van der Waals surface area contributed by atoms with E-state index in [-0.39, 0.29) is 5.02 Å². The first-order valence-corrected chi connectivity index (χ1v) is 6.10. The highest BCUT2D eigenvalue weighted by Crippen LogP contribution is 2.28. The number of hydrogen-bond donors (Lipinski definition) is 1. The Labute approximate surface area is 110 Å². The lowest BCUT2D eigenvalue weighted by Gasteiger charge is -2.15. The number of benzene rings is 1. The summed E-state index contributed by atoms with van der Waals surface area (Å²) in [6, 6.07) is 4.07. The van der Waals surface area contributed by atoms with Gasteiger partial charge in [0.1, 0.15) is 5.82 Å². The summed E-state index contributed by atoms with van der Waals surface area (Å²) in [5, 5.41) is 7.84. The molecule has 2 rings (SSSR count). The molecule has 0 amide bonds. The highest BCUT2D eigenvalue weighted by atomic mass is 35.5. The maximum Gasteiger partial charge on any atom is 0.142 e. The first-order valence-electron chi connectivity index (χ1n) is 5.73. The maximum absolute atomic E-state index is 13.4. The summed E-state index contributed by atoms with van der Waals surface area (Å²) in [4.78, 5) is 0. The van der Waals surface area contributed by atoms with Gasteiger partial charge in [0.2, 0.25) is 0 Å². The topological polar surface area (TPSA) is 56.7 Å². The van der Waals surface area contributed by atoms with Gasteiger partial charge < -0.3 is 5.73 Å². The van der Waals surface area contributed by atoms with Gasteiger partial charge in [-0.1, -0.05) is 35.9 Å². The Hall–Kier alpha value is -1.46. The average Bonchev–Trinajstić information content (AvgIpc) is 2.80. The van der Waals surface area contributed by atoms with Gasteiger partial charge in [0.15, 0.2) is 0 Å². The second kappa shape index (κ2) is 5.46. The summed E-state index contributed by atoms with van der Waals surface area (Å²) in [7, 11) is 0. The zero-order chi connectivity index (χ0) is 13.1. The van der Waals surface area contributed by atoms with Crippen LogP contribution in [0.5, 0.6) is 0 Å². The van der Waals surface area contributed by atoms with Crippen LogP contribution in [0.3, 0.4) is 0 Å². The monoisotopic (exact) mass is 268 g/mol. The maximum atomic E-state index is 13.4. The molecule has 0 aliphatic carbocycles. The number of halogens is 2. The van der Waals surface area contributed by atoms with E-state index >= 15 is 0 Å². The number of nitrogens with two attached hydrogens (primary N) is 1. The van der Waals surface area contributed by atoms with E-state index in [2.05, 4.69) is 10.3 Å². The first kappa shape index (κ1) is 13.0. The van der Waals surface area contributed by atoms with Crippen molar-refractivity contribution < 1.29 is 4.39 Å². The highest BCUT2D eigenvalue weighted by Gasteiger charge is 2.18. The van der Waals surface area contributed by atoms with Gasteiger partial charge in [-0.05, 0) is 18.1 Å². The second-order valence-electron chi connectivity index (χ2n) is 4.00. The molecule has 0 aliphatic rings. The van der Waals surface area contributed by atoms with Crippen LogP contribution in [-0.4, -0.2) is 15.0 Å². The van der Waals surface area contributed by atoms with Gasteiger partial charge in [-0.2, -0.15) is 0 Å². The fraction of sp³-hybridized carbons (Fsp3) is 0.333. The Morgan fingerprint density at radius 2 is 2.28 bits per heavy atom. The molecule has 1 unspecified atom stereocenters. The third-order valence-electron chi connectivity index (χ3n) is 2.72. The van der Waals surface area contributed by atoms with Gasteiger partial charge in [0.05, 0.1) is 23.0 Å². The molecular weight excluding hydrogens is 255 g/mol. The number of rotatable bonds is 4. The van der Waals surface area contributed by atoms with Gasteiger partial charge in [-0.25, -0.2) is 9.07 Å². The van der Waals surface area contributed by atoms with Crippen LogP contribution in [-0.2, 0) is 6.54 Å². The molecule has 0 bridgehead atoms. The van der Waals surface area contributed by atoms with Crippen LogP contribution in [0.15, 0.2) is 24.4 Å². The molecule has 0 spiro atoms. The lowest BCUT2D eigenvalue weighted by atomic mass is 10.0. The molecule has 1 heterocycles. The van der Waals surface area contributed by atoms with E-state index in [4.69, 9.17) is 17.3 Å². The molecule has 0 saturated carbocycles. The van der Waals surface area contributed by atoms with Crippen LogP contribution in [0, 0.1) is 5.82 Å². The largest absolute Gasteiger partial charge is 0.319 e. The zero-order valence-electron chi connectivity index (χ0n) is 9.98. The summed E-state index contributed by atoms with van der Waals surface area (Å²) in [6.45, 7) is 2.75. The second-order valence-corrected chi connectivity index (χ2v) is 4.38. The Morgan fingerprint density at radius 1 is 1.50 bits per heavy atom. The van der Waals surface area contributed by atoms with Crippen LogP contribution in [0.2, 0.25) is 5.02 Å². The molecule has 0 radical (unpaired) electrons. The Balaban J connectivity index is 2.38. The van der Waals surface area contributed by atoms with E-state index in [1.165, 1.54) is 6.07 Å². The summed E-state index contributed by atoms with van der Waals surface area (Å²) in [6.07, 6.45) is 2.50. The predicted octanol–water partition coefficient (Wildman–Crippen LogP) is 2.53. The minimum atomic E-state index is -0.533. The molecule has 2 N–H and O–H groups in total. The van der Waals surface area contributed by atoms with Crippen LogP contribution in [0.25, 0.3) is 0 Å². The summed E-state index contributed by atoms with van der Waals surface area (Å²) in [5.74, 6) is -0.473. The molecule has 1 aromatic heterocycles. The molecule has 6 heteroatoms. The zero-order valence-corrected chi connectivity index (χ0v) is 10.7. The molecule has 0 aliphatic heterocycles. The predicted molar refractivity (Wildman–Crippen MR) is 67.8 cm³/mol. The van der Waals surface area contributed by atoms with Crippen molar-refractivity contribution in [1.29, 1.82) is 0 Å². The fourth-order valence-corrected chi connectivity index (χ4v) is 2.06. The van der Waals surface area contributed by atoms with Crippen LogP contribution < -0.4 is 5.73 Å². The van der Waals surface area contributed by atoms with Crippen LogP contribution in [0.1, 0.15) is 30.6 Å². The third-order valence-corrected chi connectivity index (χ3v) is 3.12. The van der Waals surface area contributed by atoms with Gasteiger partial charge in [-0.15, -0.1) is 5.10 Å². The minimum Gasteiger partial charge on any atom is -0.319 e. The fourth-order valence-electron chi connectivity index (χ4n) is 1.81. The molecule has 1 aromatic carbocycles. The van der Waals surface area contributed by atoms with E-state index < -0.39 is 11.9 Å². The smallest absolute Gasteiger partial charge is 0.142 e. The van der Waals surface area contributed by atoms with Crippen molar-refractivity contribution in [3.05, 3.63) is 46.5 Å². The summed E-state index contributed by atoms with van der Waals surface area (Å²) >= 11 is 5.93. The van der Waals surface area contributed by atoms with Crippen molar-refractivity contribution in [2.75, 3.05) is 0 Å². The van der Waals surface area contributed by atoms with Gasteiger partial charge in [0.25, 0.3) is 0 Å². The standard InChI is InChI=1S/C12H14ClFN4/c1-2-6-18-10(7-16-17-18)12(15)8-4-3-5-9(14)11(8)13/h3-5,7,12H,2,6,15H2,1H3. The first-order chi connectivity index (χ1) is 8.65. The number of nitrogens with zero attached hydrogens (tertiary/aromatic N) is 3. The Kier molecular flexibility index (Phi) is 3.93. The van der Waals surface area contributed by atoms with E-state index in [1.54, 1.807) is 23.0 Å². The molecule has 0 saturated heterocycles.